The zero-order valence-electron chi connectivity index (χ0n) is 18.2. The molecule has 0 saturated carbocycles. The molecule has 1 amide bonds. The predicted molar refractivity (Wildman–Crippen MR) is 121 cm³/mol. The Morgan fingerprint density at radius 2 is 1.90 bits per heavy atom. The van der Waals surface area contributed by atoms with Gasteiger partial charge in [-0.25, -0.2) is 0 Å². The van der Waals surface area contributed by atoms with Crippen molar-refractivity contribution in [3.63, 3.8) is 0 Å². The molecule has 31 heavy (non-hydrogen) atoms. The van der Waals surface area contributed by atoms with Crippen molar-refractivity contribution in [1.29, 1.82) is 0 Å². The lowest BCUT2D eigenvalue weighted by atomic mass is 9.99. The minimum atomic E-state index is 0.0971. The molecular formula is C25H28N4O2. The summed E-state index contributed by atoms with van der Waals surface area (Å²) in [5.74, 6) is 1.75. The quantitative estimate of drug-likeness (QED) is 0.751. The summed E-state index contributed by atoms with van der Waals surface area (Å²) >= 11 is 0. The van der Waals surface area contributed by atoms with Crippen LogP contribution in [-0.4, -0.2) is 59.9 Å². The lowest BCUT2D eigenvalue weighted by Crippen LogP contribution is -2.53. The predicted octanol–water partition coefficient (Wildman–Crippen LogP) is 3.18. The first-order chi connectivity index (χ1) is 15.1. The van der Waals surface area contributed by atoms with Crippen molar-refractivity contribution in [3.8, 4) is 5.75 Å². The highest BCUT2D eigenvalue weighted by Crippen LogP contribution is 2.32. The lowest BCUT2D eigenvalue weighted by molar-refractivity contribution is -0.125. The van der Waals surface area contributed by atoms with Crippen LogP contribution in [0.3, 0.4) is 0 Å². The minimum absolute atomic E-state index is 0.0971. The summed E-state index contributed by atoms with van der Waals surface area (Å²) in [5.41, 5.74) is 5.61. The zero-order valence-corrected chi connectivity index (χ0v) is 18.2. The van der Waals surface area contributed by atoms with Gasteiger partial charge in [0.25, 0.3) is 5.91 Å². The molecule has 0 aliphatic carbocycles. The van der Waals surface area contributed by atoms with E-state index >= 15 is 0 Å². The molecule has 2 aromatic rings. The normalized spacial score (nSPS) is 18.8. The van der Waals surface area contributed by atoms with Crippen LogP contribution in [0.4, 0.5) is 0 Å². The molecule has 0 unspecified atom stereocenters. The Balaban J connectivity index is 1.41. The second-order valence-corrected chi connectivity index (χ2v) is 8.39. The number of hydrogen-bond acceptors (Lipinski definition) is 5. The average molecular weight is 417 g/mol. The Bertz CT molecular complexity index is 1060. The van der Waals surface area contributed by atoms with Gasteiger partial charge in [-0.1, -0.05) is 36.4 Å². The van der Waals surface area contributed by atoms with Gasteiger partial charge in [0.1, 0.15) is 5.75 Å². The average Bonchev–Trinajstić information content (AvgIpc) is 3.28. The Labute approximate surface area is 183 Å². The van der Waals surface area contributed by atoms with Gasteiger partial charge < -0.3 is 9.64 Å². The summed E-state index contributed by atoms with van der Waals surface area (Å²) in [6, 6.07) is 16.5. The fourth-order valence-electron chi connectivity index (χ4n) is 4.74. The van der Waals surface area contributed by atoms with Crippen LogP contribution in [0.25, 0.3) is 0 Å². The SMILES string of the molecule is COc1ccc(CN2C(=O)C3=C(CCN(Cc4ccccc4)C3)N3CCN=C23)c(C)c1. The van der Waals surface area contributed by atoms with E-state index in [0.29, 0.717) is 13.1 Å². The molecule has 5 rings (SSSR count). The molecule has 160 valence electrons. The lowest BCUT2D eigenvalue weighted by Gasteiger charge is -2.42. The summed E-state index contributed by atoms with van der Waals surface area (Å²) in [5, 5.41) is 0. The van der Waals surface area contributed by atoms with Crippen LogP contribution in [-0.2, 0) is 17.9 Å². The molecule has 2 aromatic carbocycles. The minimum Gasteiger partial charge on any atom is -0.497 e. The third kappa shape index (κ3) is 3.72. The van der Waals surface area contributed by atoms with E-state index in [1.54, 1.807) is 7.11 Å². The molecule has 3 heterocycles. The van der Waals surface area contributed by atoms with Gasteiger partial charge in [0.2, 0.25) is 5.96 Å². The Morgan fingerprint density at radius 3 is 2.68 bits per heavy atom. The van der Waals surface area contributed by atoms with Crippen LogP contribution in [0, 0.1) is 6.92 Å². The Kier molecular flexibility index (Phi) is 5.24. The van der Waals surface area contributed by atoms with Crippen molar-refractivity contribution in [3.05, 3.63) is 76.5 Å². The van der Waals surface area contributed by atoms with Gasteiger partial charge in [-0.3, -0.25) is 19.6 Å². The number of benzene rings is 2. The molecule has 3 aliphatic rings. The van der Waals surface area contributed by atoms with E-state index in [0.717, 1.165) is 61.0 Å². The number of aryl methyl sites for hydroxylation is 1. The summed E-state index contributed by atoms with van der Waals surface area (Å²) in [6.45, 7) is 6.70. The smallest absolute Gasteiger partial charge is 0.259 e. The number of carbonyl (C=O) groups is 1. The molecule has 3 aliphatic heterocycles. The van der Waals surface area contributed by atoms with Crippen LogP contribution in [0.15, 0.2) is 64.8 Å². The summed E-state index contributed by atoms with van der Waals surface area (Å²) < 4.78 is 5.34. The number of fused-ring (bicyclic) bond motifs is 2. The van der Waals surface area contributed by atoms with Crippen LogP contribution < -0.4 is 4.74 Å². The van der Waals surface area contributed by atoms with Crippen LogP contribution in [0.2, 0.25) is 0 Å². The number of methoxy groups -OCH3 is 1. The summed E-state index contributed by atoms with van der Waals surface area (Å²) in [7, 11) is 1.67. The molecule has 6 nitrogen and oxygen atoms in total. The molecule has 0 N–H and O–H groups in total. The highest BCUT2D eigenvalue weighted by Gasteiger charge is 2.41. The standard InChI is InChI=1S/C25H28N4O2/c1-18-14-21(31-2)9-8-20(18)16-29-24(30)22-17-27(15-19-6-4-3-5-7-19)12-10-23(22)28-13-11-26-25(28)29/h3-9,14H,10-13,15-17H2,1-2H3. The van der Waals surface area contributed by atoms with Crippen LogP contribution >= 0.6 is 0 Å². The monoisotopic (exact) mass is 416 g/mol. The van der Waals surface area contributed by atoms with E-state index in [1.807, 2.05) is 29.2 Å². The van der Waals surface area contributed by atoms with Crippen LogP contribution in [0.5, 0.6) is 5.75 Å². The number of ether oxygens (including phenoxy) is 1. The number of nitrogens with zero attached hydrogens (tertiary/aromatic N) is 4. The molecule has 0 atom stereocenters. The highest BCUT2D eigenvalue weighted by atomic mass is 16.5. The number of carbonyl (C=O) groups excluding carboxylic acids is 1. The topological polar surface area (TPSA) is 48.4 Å². The highest BCUT2D eigenvalue weighted by molar-refractivity contribution is 6.09. The maximum absolute atomic E-state index is 13.6. The van der Waals surface area contributed by atoms with Crippen molar-refractivity contribution in [2.24, 2.45) is 4.99 Å². The van der Waals surface area contributed by atoms with Crippen molar-refractivity contribution in [2.75, 3.05) is 33.3 Å². The van der Waals surface area contributed by atoms with Crippen LogP contribution in [0.1, 0.15) is 23.1 Å². The molecular weight excluding hydrogens is 388 g/mol. The van der Waals surface area contributed by atoms with Crippen molar-refractivity contribution in [2.45, 2.75) is 26.4 Å². The summed E-state index contributed by atoms with van der Waals surface area (Å²) in [4.78, 5) is 24.9. The molecule has 6 heteroatoms. The first-order valence-electron chi connectivity index (χ1n) is 10.9. The van der Waals surface area contributed by atoms with E-state index < -0.39 is 0 Å². The second-order valence-electron chi connectivity index (χ2n) is 8.39. The van der Waals surface area contributed by atoms with Gasteiger partial charge in [0.15, 0.2) is 0 Å². The molecule has 0 bridgehead atoms. The third-order valence-electron chi connectivity index (χ3n) is 6.41. The molecule has 0 radical (unpaired) electrons. The van der Waals surface area contributed by atoms with Gasteiger partial charge in [0.05, 0.1) is 25.8 Å². The second kappa shape index (κ2) is 8.19. The number of amides is 1. The summed E-state index contributed by atoms with van der Waals surface area (Å²) in [6.07, 6.45) is 0.891. The molecule has 0 aromatic heterocycles. The Hall–Kier alpha value is -3.12. The maximum atomic E-state index is 13.6. The molecule has 0 spiro atoms. The van der Waals surface area contributed by atoms with Crippen molar-refractivity contribution in [1.82, 2.24) is 14.7 Å². The Morgan fingerprint density at radius 1 is 1.06 bits per heavy atom. The molecule has 0 saturated heterocycles. The van der Waals surface area contributed by atoms with E-state index in [4.69, 9.17) is 9.73 Å². The molecule has 0 fully saturated rings. The van der Waals surface area contributed by atoms with E-state index in [9.17, 15) is 4.79 Å². The van der Waals surface area contributed by atoms with Gasteiger partial charge in [-0.05, 0) is 35.7 Å². The first kappa shape index (κ1) is 19.8. The van der Waals surface area contributed by atoms with Gasteiger partial charge in [-0.2, -0.15) is 0 Å². The number of aliphatic imine (C=N–C) groups is 1. The number of guanidine groups is 1. The fraction of sp³-hybridized carbons (Fsp3) is 0.360. The largest absolute Gasteiger partial charge is 0.497 e. The van der Waals surface area contributed by atoms with E-state index in [1.165, 1.54) is 11.3 Å². The third-order valence-corrected chi connectivity index (χ3v) is 6.41. The maximum Gasteiger partial charge on any atom is 0.259 e. The van der Waals surface area contributed by atoms with Gasteiger partial charge >= 0.3 is 0 Å². The van der Waals surface area contributed by atoms with E-state index in [-0.39, 0.29) is 5.91 Å². The van der Waals surface area contributed by atoms with Crippen molar-refractivity contribution >= 4 is 11.9 Å². The zero-order chi connectivity index (χ0) is 21.4. The van der Waals surface area contributed by atoms with Gasteiger partial charge in [0, 0.05) is 38.3 Å². The first-order valence-corrected chi connectivity index (χ1v) is 10.9. The number of rotatable bonds is 5. The van der Waals surface area contributed by atoms with Gasteiger partial charge in [-0.15, -0.1) is 0 Å². The van der Waals surface area contributed by atoms with Crippen molar-refractivity contribution < 1.29 is 9.53 Å². The number of hydrogen-bond donors (Lipinski definition) is 0. The van der Waals surface area contributed by atoms with E-state index in [2.05, 4.69) is 41.0 Å². The fourth-order valence-corrected chi connectivity index (χ4v) is 4.74.